The SMILES string of the molecule is CC(C)c1ccc2ccccc2c1-c1c(-c2ccccc2)ccc2ccccc12. The average molecular weight is 373 g/mol. The molecule has 0 atom stereocenters. The van der Waals surface area contributed by atoms with Crippen molar-refractivity contribution in [1.82, 2.24) is 0 Å². The van der Waals surface area contributed by atoms with Gasteiger partial charge in [0.25, 0.3) is 0 Å². The molecule has 0 aliphatic heterocycles. The molecule has 29 heavy (non-hydrogen) atoms. The summed E-state index contributed by atoms with van der Waals surface area (Å²) in [6.07, 6.45) is 0. The lowest BCUT2D eigenvalue weighted by molar-refractivity contribution is 0.871. The molecule has 0 unspecified atom stereocenters. The lowest BCUT2D eigenvalue weighted by Crippen LogP contribution is -1.97. The van der Waals surface area contributed by atoms with Crippen LogP contribution in [0.3, 0.4) is 0 Å². The zero-order valence-electron chi connectivity index (χ0n) is 16.9. The van der Waals surface area contributed by atoms with Crippen LogP contribution in [0, 0.1) is 0 Å². The van der Waals surface area contributed by atoms with E-state index in [0.717, 1.165) is 0 Å². The average Bonchev–Trinajstić information content (AvgIpc) is 2.78. The standard InChI is InChI=1S/C29H24/c1-20(2)24-18-16-22-12-6-8-14-25(22)28(24)29-26-15-9-7-13-23(26)17-19-27(29)21-10-4-3-5-11-21/h3-20H,1-2H3. The highest BCUT2D eigenvalue weighted by Gasteiger charge is 2.18. The van der Waals surface area contributed by atoms with Crippen LogP contribution in [0.25, 0.3) is 43.8 Å². The fourth-order valence-corrected chi connectivity index (χ4v) is 4.45. The summed E-state index contributed by atoms with van der Waals surface area (Å²) in [5.41, 5.74) is 6.67. The van der Waals surface area contributed by atoms with Crippen molar-refractivity contribution in [1.29, 1.82) is 0 Å². The fourth-order valence-electron chi connectivity index (χ4n) is 4.45. The summed E-state index contributed by atoms with van der Waals surface area (Å²) >= 11 is 0. The van der Waals surface area contributed by atoms with Gasteiger partial charge >= 0.3 is 0 Å². The maximum atomic E-state index is 2.32. The minimum atomic E-state index is 0.442. The fraction of sp³-hybridized carbons (Fsp3) is 0.103. The highest BCUT2D eigenvalue weighted by atomic mass is 14.2. The van der Waals surface area contributed by atoms with Crippen LogP contribution in [0.15, 0.2) is 103 Å². The summed E-state index contributed by atoms with van der Waals surface area (Å²) in [4.78, 5) is 0. The summed E-state index contributed by atoms with van der Waals surface area (Å²) in [5.74, 6) is 0.442. The molecule has 5 aromatic carbocycles. The first-order valence-electron chi connectivity index (χ1n) is 10.3. The van der Waals surface area contributed by atoms with Crippen LogP contribution in [-0.2, 0) is 0 Å². The zero-order valence-corrected chi connectivity index (χ0v) is 16.9. The van der Waals surface area contributed by atoms with E-state index in [2.05, 4.69) is 117 Å². The van der Waals surface area contributed by atoms with Crippen LogP contribution in [0.4, 0.5) is 0 Å². The summed E-state index contributed by atoms with van der Waals surface area (Å²) in [5, 5.41) is 5.21. The third-order valence-corrected chi connectivity index (χ3v) is 5.85. The summed E-state index contributed by atoms with van der Waals surface area (Å²) in [6.45, 7) is 4.59. The van der Waals surface area contributed by atoms with Gasteiger partial charge in [-0.2, -0.15) is 0 Å². The van der Waals surface area contributed by atoms with Gasteiger partial charge in [0.2, 0.25) is 0 Å². The Bertz CT molecular complexity index is 1310. The predicted molar refractivity (Wildman–Crippen MR) is 126 cm³/mol. The van der Waals surface area contributed by atoms with E-state index in [0.29, 0.717) is 5.92 Å². The summed E-state index contributed by atoms with van der Waals surface area (Å²) < 4.78 is 0. The summed E-state index contributed by atoms with van der Waals surface area (Å²) in [7, 11) is 0. The predicted octanol–water partition coefficient (Wildman–Crippen LogP) is 8.45. The highest BCUT2D eigenvalue weighted by Crippen LogP contribution is 2.44. The topological polar surface area (TPSA) is 0 Å². The van der Waals surface area contributed by atoms with Gasteiger partial charge in [-0.05, 0) is 55.3 Å². The highest BCUT2D eigenvalue weighted by molar-refractivity contribution is 6.11. The van der Waals surface area contributed by atoms with Crippen LogP contribution in [-0.4, -0.2) is 0 Å². The van der Waals surface area contributed by atoms with Crippen LogP contribution >= 0.6 is 0 Å². The Morgan fingerprint density at radius 3 is 1.69 bits per heavy atom. The molecule has 0 heteroatoms. The number of hydrogen-bond donors (Lipinski definition) is 0. The molecule has 0 heterocycles. The molecule has 0 spiro atoms. The molecule has 0 aromatic heterocycles. The van der Waals surface area contributed by atoms with Crippen molar-refractivity contribution in [3.05, 3.63) is 109 Å². The van der Waals surface area contributed by atoms with Gasteiger partial charge in [0, 0.05) is 0 Å². The molecular formula is C29H24. The number of rotatable bonds is 3. The smallest absolute Gasteiger partial charge is 0.00177 e. The quantitative estimate of drug-likeness (QED) is 0.298. The van der Waals surface area contributed by atoms with E-state index in [-0.39, 0.29) is 0 Å². The molecule has 0 saturated heterocycles. The van der Waals surface area contributed by atoms with Crippen molar-refractivity contribution in [2.24, 2.45) is 0 Å². The van der Waals surface area contributed by atoms with E-state index < -0.39 is 0 Å². The van der Waals surface area contributed by atoms with Crippen LogP contribution in [0.5, 0.6) is 0 Å². The largest absolute Gasteiger partial charge is 0.0622 e. The van der Waals surface area contributed by atoms with Crippen molar-refractivity contribution in [3.8, 4) is 22.3 Å². The number of fused-ring (bicyclic) bond motifs is 2. The van der Waals surface area contributed by atoms with E-state index in [9.17, 15) is 0 Å². The summed E-state index contributed by atoms with van der Waals surface area (Å²) in [6, 6.07) is 37.4. The van der Waals surface area contributed by atoms with Crippen LogP contribution in [0.1, 0.15) is 25.3 Å². The van der Waals surface area contributed by atoms with Crippen LogP contribution < -0.4 is 0 Å². The van der Waals surface area contributed by atoms with E-state index in [1.54, 1.807) is 0 Å². The normalized spacial score (nSPS) is 11.4. The molecule has 0 saturated carbocycles. The van der Waals surface area contributed by atoms with Crippen molar-refractivity contribution in [2.45, 2.75) is 19.8 Å². The van der Waals surface area contributed by atoms with E-state index in [4.69, 9.17) is 0 Å². The zero-order chi connectivity index (χ0) is 19.8. The Kier molecular flexibility index (Phi) is 4.41. The molecule has 0 bridgehead atoms. The minimum Gasteiger partial charge on any atom is -0.0622 e. The Balaban J connectivity index is 1.99. The van der Waals surface area contributed by atoms with E-state index >= 15 is 0 Å². The van der Waals surface area contributed by atoms with E-state index in [1.807, 2.05) is 0 Å². The van der Waals surface area contributed by atoms with Gasteiger partial charge in [-0.3, -0.25) is 0 Å². The van der Waals surface area contributed by atoms with Crippen LogP contribution in [0.2, 0.25) is 0 Å². The minimum absolute atomic E-state index is 0.442. The number of hydrogen-bond acceptors (Lipinski definition) is 0. The maximum absolute atomic E-state index is 2.32. The van der Waals surface area contributed by atoms with Crippen molar-refractivity contribution in [2.75, 3.05) is 0 Å². The Hall–Kier alpha value is -3.38. The van der Waals surface area contributed by atoms with Crippen molar-refractivity contribution in [3.63, 3.8) is 0 Å². The molecule has 0 radical (unpaired) electrons. The lowest BCUT2D eigenvalue weighted by Gasteiger charge is -2.21. The van der Waals surface area contributed by atoms with E-state index in [1.165, 1.54) is 49.4 Å². The second kappa shape index (κ2) is 7.22. The molecule has 5 aromatic rings. The molecule has 140 valence electrons. The maximum Gasteiger partial charge on any atom is -0.00177 e. The molecule has 0 N–H and O–H groups in total. The molecule has 0 fully saturated rings. The first-order valence-corrected chi connectivity index (χ1v) is 10.3. The monoisotopic (exact) mass is 372 g/mol. The van der Waals surface area contributed by atoms with Gasteiger partial charge in [-0.25, -0.2) is 0 Å². The van der Waals surface area contributed by atoms with Crippen molar-refractivity contribution >= 4 is 21.5 Å². The molecular weight excluding hydrogens is 348 g/mol. The van der Waals surface area contributed by atoms with Gasteiger partial charge in [0.05, 0.1) is 0 Å². The number of benzene rings is 5. The first kappa shape index (κ1) is 17.7. The second-order valence-corrected chi connectivity index (χ2v) is 7.98. The molecule has 0 aliphatic carbocycles. The van der Waals surface area contributed by atoms with Gasteiger partial charge in [0.1, 0.15) is 0 Å². The Morgan fingerprint density at radius 2 is 1.03 bits per heavy atom. The van der Waals surface area contributed by atoms with Crippen molar-refractivity contribution < 1.29 is 0 Å². The molecule has 0 amide bonds. The molecule has 0 nitrogen and oxygen atoms in total. The molecule has 5 rings (SSSR count). The third kappa shape index (κ3) is 3.02. The third-order valence-electron chi connectivity index (χ3n) is 5.85. The lowest BCUT2D eigenvalue weighted by atomic mass is 9.82. The van der Waals surface area contributed by atoms with Gasteiger partial charge in [-0.1, -0.05) is 117 Å². The second-order valence-electron chi connectivity index (χ2n) is 7.98. The molecule has 0 aliphatic rings. The van der Waals surface area contributed by atoms with Gasteiger partial charge in [0.15, 0.2) is 0 Å². The van der Waals surface area contributed by atoms with Gasteiger partial charge in [-0.15, -0.1) is 0 Å². The Labute approximate surface area is 172 Å². The van der Waals surface area contributed by atoms with Gasteiger partial charge < -0.3 is 0 Å². The Morgan fingerprint density at radius 1 is 0.483 bits per heavy atom. The first-order chi connectivity index (χ1) is 14.2.